The van der Waals surface area contributed by atoms with Crippen molar-refractivity contribution in [3.8, 4) is 0 Å². The number of benzene rings is 1. The summed E-state index contributed by atoms with van der Waals surface area (Å²) in [6.45, 7) is -1.54. The first kappa shape index (κ1) is 7.96. The Balaban J connectivity index is 1.60. The fraction of sp³-hybridized carbons (Fsp3) is 0.632. The van der Waals surface area contributed by atoms with Crippen LogP contribution in [0.5, 0.6) is 0 Å². The summed E-state index contributed by atoms with van der Waals surface area (Å²) in [6, 6.07) is 3.56. The Morgan fingerprint density at radius 1 is 1.27 bits per heavy atom. The first-order valence-electron chi connectivity index (χ1n) is 11.6. The van der Waals surface area contributed by atoms with Gasteiger partial charge in [0, 0.05) is 38.8 Å². The van der Waals surface area contributed by atoms with E-state index in [1.807, 2.05) is 0 Å². The summed E-state index contributed by atoms with van der Waals surface area (Å²) in [4.78, 5) is 16.3. The average molecular weight is 303 g/mol. The zero-order chi connectivity index (χ0) is 21.0. The molecule has 3 nitrogen and oxygen atoms in total. The zero-order valence-corrected chi connectivity index (χ0v) is 12.4. The van der Waals surface area contributed by atoms with Gasteiger partial charge < -0.3 is 9.80 Å². The number of fused-ring (bicyclic) bond motifs is 3. The topological polar surface area (TPSA) is 23.6 Å². The number of carbonyl (C=O) groups is 1. The van der Waals surface area contributed by atoms with E-state index in [0.29, 0.717) is 36.9 Å². The normalized spacial score (nSPS) is 51.3. The van der Waals surface area contributed by atoms with Crippen LogP contribution in [0.1, 0.15) is 62.6 Å². The molecule has 1 aliphatic carbocycles. The van der Waals surface area contributed by atoms with Crippen LogP contribution in [0.3, 0.4) is 0 Å². The lowest BCUT2D eigenvalue weighted by atomic mass is 9.75. The first-order chi connectivity index (χ1) is 13.4. The second-order valence-corrected chi connectivity index (χ2v) is 6.61. The Hall–Kier alpha value is -1.35. The van der Waals surface area contributed by atoms with E-state index in [2.05, 4.69) is 0 Å². The molecule has 5 aliphatic rings. The van der Waals surface area contributed by atoms with Crippen LogP contribution in [0.25, 0.3) is 0 Å². The monoisotopic (exact) mass is 303 g/mol. The summed E-state index contributed by atoms with van der Waals surface area (Å²) in [7, 11) is 0. The third-order valence-electron chi connectivity index (χ3n) is 5.39. The van der Waals surface area contributed by atoms with Crippen LogP contribution in [-0.4, -0.2) is 47.9 Å². The van der Waals surface area contributed by atoms with E-state index in [1.165, 1.54) is 9.80 Å². The molecule has 116 valence electrons. The molecule has 0 saturated carbocycles. The Morgan fingerprint density at radius 3 is 3.14 bits per heavy atom. The van der Waals surface area contributed by atoms with Gasteiger partial charge in [0.2, 0.25) is 0 Å². The minimum Gasteiger partial charge on any atom is -0.333 e. The zero-order valence-electron chi connectivity index (χ0n) is 19.4. The highest BCUT2D eigenvalue weighted by molar-refractivity contribution is 5.97. The van der Waals surface area contributed by atoms with Crippen molar-refractivity contribution in [1.29, 1.82) is 0 Å². The van der Waals surface area contributed by atoms with E-state index in [9.17, 15) is 6.17 Å². The molecule has 1 aromatic carbocycles. The molecule has 6 rings (SSSR count). The van der Waals surface area contributed by atoms with Crippen molar-refractivity contribution >= 4 is 5.91 Å². The van der Waals surface area contributed by atoms with Gasteiger partial charge in [-0.1, -0.05) is 12.1 Å². The van der Waals surface area contributed by atoms with Crippen molar-refractivity contribution in [2.45, 2.75) is 43.9 Å². The molecule has 1 unspecified atom stereocenters. The number of carbonyl (C=O) groups excluding carboxylic acids is 1. The maximum atomic E-state index is 13.5. The maximum Gasteiger partial charge on any atom is 0.254 e. The van der Waals surface area contributed by atoms with Crippen molar-refractivity contribution in [2.24, 2.45) is 5.92 Å². The van der Waals surface area contributed by atoms with Crippen molar-refractivity contribution in [3.63, 3.8) is 0 Å². The highest BCUT2D eigenvalue weighted by Gasteiger charge is 2.43. The Bertz CT molecular complexity index is 905. The van der Waals surface area contributed by atoms with Gasteiger partial charge in [-0.2, -0.15) is 0 Å². The van der Waals surface area contributed by atoms with Crippen LogP contribution >= 0.6 is 0 Å². The van der Waals surface area contributed by atoms with E-state index in [-0.39, 0.29) is 24.9 Å². The van der Waals surface area contributed by atoms with Crippen LogP contribution in [0, 0.1) is 5.92 Å². The fourth-order valence-corrected chi connectivity index (χ4v) is 4.28. The number of piperidine rings is 3. The van der Waals surface area contributed by atoms with E-state index >= 15 is 0 Å². The molecule has 1 aromatic rings. The van der Waals surface area contributed by atoms with E-state index in [1.54, 1.807) is 18.2 Å². The lowest BCUT2D eigenvalue weighted by molar-refractivity contribution is 0.00258. The van der Waals surface area contributed by atoms with Crippen LogP contribution in [-0.2, 0) is 6.37 Å². The highest BCUT2D eigenvalue weighted by Crippen LogP contribution is 2.41. The summed E-state index contributed by atoms with van der Waals surface area (Å²) >= 11 is 0. The number of hydrogen-bond acceptors (Lipinski definition) is 2. The number of rotatable bonds is 1. The largest absolute Gasteiger partial charge is 0.333 e. The lowest BCUT2D eigenvalue weighted by Crippen LogP contribution is -2.60. The first-order valence-corrected chi connectivity index (χ1v) is 8.12. The SMILES string of the molecule is [2H]C1([2H])CC[C@@H]2CN([C@]3([2H])CN4CC[C@H]3C([2H])([2H])C4([2H])[2H])C(=O)c3cccc1c32. The van der Waals surface area contributed by atoms with Crippen LogP contribution < -0.4 is 0 Å². The molecule has 4 aliphatic heterocycles. The van der Waals surface area contributed by atoms with Gasteiger partial charge in [0.1, 0.15) is 0 Å². The molecule has 3 saturated heterocycles. The van der Waals surface area contributed by atoms with E-state index in [4.69, 9.17) is 8.22 Å². The summed E-state index contributed by atoms with van der Waals surface area (Å²) in [5.41, 5.74) is 1.71. The third kappa shape index (κ3) is 1.81. The highest BCUT2D eigenvalue weighted by atomic mass is 16.2. The second-order valence-electron chi connectivity index (χ2n) is 6.61. The van der Waals surface area contributed by atoms with E-state index in [0.717, 1.165) is 5.56 Å². The molecule has 2 bridgehead atoms. The smallest absolute Gasteiger partial charge is 0.254 e. The van der Waals surface area contributed by atoms with Crippen LogP contribution in [0.15, 0.2) is 18.2 Å². The number of nitrogens with zero attached hydrogens (tertiary/aromatic N) is 2. The number of hydrogen-bond donors (Lipinski definition) is 0. The van der Waals surface area contributed by atoms with Gasteiger partial charge in [-0.3, -0.25) is 4.79 Å². The van der Waals surface area contributed by atoms with Crippen LogP contribution in [0.4, 0.5) is 0 Å². The fourth-order valence-electron chi connectivity index (χ4n) is 4.28. The number of aryl methyl sites for hydroxylation is 1. The molecular weight excluding hydrogens is 272 g/mol. The molecule has 0 N–H and O–H groups in total. The van der Waals surface area contributed by atoms with Gasteiger partial charge in [0.05, 0.1) is 1.37 Å². The quantitative estimate of drug-likeness (QED) is 0.796. The molecule has 1 amide bonds. The molecule has 3 heteroatoms. The van der Waals surface area contributed by atoms with Gasteiger partial charge in [-0.05, 0) is 68.2 Å². The van der Waals surface area contributed by atoms with Gasteiger partial charge in [0.15, 0.2) is 0 Å². The molecular formula is C19H24N2O. The van der Waals surface area contributed by atoms with E-state index < -0.39 is 31.2 Å². The standard InChI is InChI=1S/C19H24N2O/c22-19-16-6-2-4-14-3-1-5-15(18(14)16)11-21(19)17-12-20-9-7-13(17)8-10-20/h2,4,6,13,15,17H,1,3,5,7-12H2/t15-,17-/m1/s1/i3D2,7D2,9D2,17D/t13-,15-,17-. The Morgan fingerprint density at radius 2 is 2.23 bits per heavy atom. The van der Waals surface area contributed by atoms with Gasteiger partial charge >= 0.3 is 0 Å². The van der Waals surface area contributed by atoms with Crippen LogP contribution in [0.2, 0.25) is 0 Å². The summed E-state index contributed by atoms with van der Waals surface area (Å²) in [5, 5.41) is 0. The molecule has 22 heavy (non-hydrogen) atoms. The molecule has 4 atom stereocenters. The predicted molar refractivity (Wildman–Crippen MR) is 86.1 cm³/mol. The molecule has 0 spiro atoms. The van der Waals surface area contributed by atoms with Crippen molar-refractivity contribution in [3.05, 3.63) is 34.9 Å². The van der Waals surface area contributed by atoms with Gasteiger partial charge in [-0.25, -0.2) is 0 Å². The van der Waals surface area contributed by atoms with Crippen molar-refractivity contribution in [1.82, 2.24) is 9.80 Å². The second kappa shape index (κ2) is 4.82. The van der Waals surface area contributed by atoms with Crippen molar-refractivity contribution < 1.29 is 14.4 Å². The molecule has 4 heterocycles. The Kier molecular flexibility index (Phi) is 1.74. The minimum atomic E-state index is -2.24. The molecule has 3 fully saturated rings. The third-order valence-corrected chi connectivity index (χ3v) is 5.39. The summed E-state index contributed by atoms with van der Waals surface area (Å²) < 4.78 is 59.1. The summed E-state index contributed by atoms with van der Waals surface area (Å²) in [5.74, 6) is -1.36. The number of amides is 1. The summed E-state index contributed by atoms with van der Waals surface area (Å²) in [6.07, 6.45) is -2.47. The maximum absolute atomic E-state index is 13.5. The molecule has 0 aromatic heterocycles. The minimum absolute atomic E-state index is 0.0154. The van der Waals surface area contributed by atoms with Crippen molar-refractivity contribution in [2.75, 3.05) is 26.1 Å². The van der Waals surface area contributed by atoms with Gasteiger partial charge in [-0.15, -0.1) is 0 Å². The molecule has 0 radical (unpaired) electrons. The van der Waals surface area contributed by atoms with Gasteiger partial charge in [0.25, 0.3) is 5.91 Å². The predicted octanol–water partition coefficient (Wildman–Crippen LogP) is 2.66. The Labute approximate surface area is 142 Å². The lowest BCUT2D eigenvalue weighted by Gasteiger charge is -2.51. The average Bonchev–Trinajstić information content (AvgIpc) is 2.64.